The molecule has 0 atom stereocenters. The van der Waals surface area contributed by atoms with Crippen LogP contribution >= 0.6 is 0 Å². The Hall–Kier alpha value is -1.88. The molecule has 182 valence electrons. The maximum Gasteiger partial charge on any atom is 0.224 e. The number of aryl methyl sites for hydroxylation is 1. The Morgan fingerprint density at radius 1 is 1.06 bits per heavy atom. The quantitative estimate of drug-likeness (QED) is 0.528. The third-order valence-corrected chi connectivity index (χ3v) is 8.14. The van der Waals surface area contributed by atoms with Crippen molar-refractivity contribution in [2.24, 2.45) is 11.3 Å². The summed E-state index contributed by atoms with van der Waals surface area (Å²) in [5.74, 6) is 2.21. The van der Waals surface area contributed by atoms with Crippen molar-refractivity contribution in [2.45, 2.75) is 98.2 Å². The summed E-state index contributed by atoms with van der Waals surface area (Å²) in [7, 11) is 0. The SMILES string of the molecule is CCN(C(=O)CCn1c(CN2CCC(C(C)(C)C)CC2)nc2ccccc21)C1CCCCC1. The average molecular weight is 453 g/mol. The number of carbonyl (C=O) groups is 1. The van der Waals surface area contributed by atoms with Crippen molar-refractivity contribution in [1.82, 2.24) is 19.4 Å². The molecule has 5 heteroatoms. The van der Waals surface area contributed by atoms with Crippen molar-refractivity contribution in [3.05, 3.63) is 30.1 Å². The van der Waals surface area contributed by atoms with E-state index in [4.69, 9.17) is 4.98 Å². The van der Waals surface area contributed by atoms with E-state index < -0.39 is 0 Å². The number of benzene rings is 1. The van der Waals surface area contributed by atoms with E-state index in [1.807, 2.05) is 0 Å². The van der Waals surface area contributed by atoms with Gasteiger partial charge < -0.3 is 9.47 Å². The molecule has 2 aromatic rings. The highest BCUT2D eigenvalue weighted by atomic mass is 16.2. The molecule has 1 saturated carbocycles. The first-order chi connectivity index (χ1) is 15.9. The first-order valence-corrected chi connectivity index (χ1v) is 13.3. The van der Waals surface area contributed by atoms with E-state index in [0.717, 1.165) is 55.5 Å². The summed E-state index contributed by atoms with van der Waals surface area (Å²) in [6, 6.07) is 8.84. The normalized spacial score (nSPS) is 19.3. The fraction of sp³-hybridized carbons (Fsp3) is 0.714. The number of fused-ring (bicyclic) bond motifs is 1. The van der Waals surface area contributed by atoms with E-state index >= 15 is 0 Å². The molecule has 2 heterocycles. The van der Waals surface area contributed by atoms with Crippen LogP contribution in [0.15, 0.2) is 24.3 Å². The van der Waals surface area contributed by atoms with Crippen LogP contribution < -0.4 is 0 Å². The Morgan fingerprint density at radius 2 is 1.76 bits per heavy atom. The molecule has 1 aromatic carbocycles. The fourth-order valence-electron chi connectivity index (χ4n) is 6.03. The largest absolute Gasteiger partial charge is 0.340 e. The summed E-state index contributed by atoms with van der Waals surface area (Å²) in [5, 5.41) is 0. The molecule has 1 aliphatic heterocycles. The van der Waals surface area contributed by atoms with E-state index in [2.05, 4.69) is 66.3 Å². The Balaban J connectivity index is 1.45. The topological polar surface area (TPSA) is 41.4 Å². The van der Waals surface area contributed by atoms with Crippen molar-refractivity contribution in [1.29, 1.82) is 0 Å². The maximum atomic E-state index is 13.2. The lowest BCUT2D eigenvalue weighted by molar-refractivity contribution is -0.134. The minimum Gasteiger partial charge on any atom is -0.340 e. The summed E-state index contributed by atoms with van der Waals surface area (Å²) >= 11 is 0. The Morgan fingerprint density at radius 3 is 2.42 bits per heavy atom. The summed E-state index contributed by atoms with van der Waals surface area (Å²) in [5.41, 5.74) is 2.60. The van der Waals surface area contributed by atoms with Crippen LogP contribution in [-0.2, 0) is 17.9 Å². The molecule has 1 saturated heterocycles. The molecule has 5 nitrogen and oxygen atoms in total. The van der Waals surface area contributed by atoms with Crippen LogP contribution in [0, 0.1) is 11.3 Å². The van der Waals surface area contributed by atoms with Crippen LogP contribution in [-0.4, -0.2) is 50.9 Å². The van der Waals surface area contributed by atoms with Crippen LogP contribution in [0.2, 0.25) is 0 Å². The molecule has 33 heavy (non-hydrogen) atoms. The smallest absolute Gasteiger partial charge is 0.224 e. The number of imidazole rings is 1. The monoisotopic (exact) mass is 452 g/mol. The highest BCUT2D eigenvalue weighted by Gasteiger charge is 2.29. The standard InChI is InChI=1S/C28H44N4O/c1-5-31(23-11-7-6-8-12-23)27(33)17-20-32-25-14-10-9-13-24(25)29-26(32)21-30-18-15-22(16-19-30)28(2,3)4/h9-10,13-14,22-23H,5-8,11-12,15-21H2,1-4H3. The van der Waals surface area contributed by atoms with Gasteiger partial charge in [0.1, 0.15) is 5.82 Å². The molecule has 0 radical (unpaired) electrons. The van der Waals surface area contributed by atoms with Crippen LogP contribution in [0.3, 0.4) is 0 Å². The predicted molar refractivity (Wildman–Crippen MR) is 136 cm³/mol. The minimum absolute atomic E-state index is 0.305. The van der Waals surface area contributed by atoms with Crippen molar-refractivity contribution in [3.63, 3.8) is 0 Å². The lowest BCUT2D eigenvalue weighted by Gasteiger charge is -2.38. The van der Waals surface area contributed by atoms with Gasteiger partial charge in [-0.3, -0.25) is 9.69 Å². The molecule has 0 unspecified atom stereocenters. The van der Waals surface area contributed by atoms with E-state index in [-0.39, 0.29) is 0 Å². The number of likely N-dealkylation sites (tertiary alicyclic amines) is 1. The number of rotatable bonds is 7. The van der Waals surface area contributed by atoms with Gasteiger partial charge in [0.25, 0.3) is 0 Å². The molecule has 0 N–H and O–H groups in total. The van der Waals surface area contributed by atoms with E-state index in [1.54, 1.807) is 0 Å². The number of para-hydroxylation sites is 2. The second kappa shape index (κ2) is 10.6. The zero-order valence-electron chi connectivity index (χ0n) is 21.4. The van der Waals surface area contributed by atoms with Crippen molar-refractivity contribution in [3.8, 4) is 0 Å². The lowest BCUT2D eigenvalue weighted by Crippen LogP contribution is -2.41. The van der Waals surface area contributed by atoms with Gasteiger partial charge >= 0.3 is 0 Å². The number of nitrogens with zero attached hydrogens (tertiary/aromatic N) is 4. The van der Waals surface area contributed by atoms with Gasteiger partial charge in [-0.1, -0.05) is 52.2 Å². The van der Waals surface area contributed by atoms with Gasteiger partial charge in [-0.05, 0) is 69.2 Å². The third-order valence-electron chi connectivity index (χ3n) is 8.14. The summed E-state index contributed by atoms with van der Waals surface area (Å²) in [4.78, 5) is 22.9. The number of aromatic nitrogens is 2. The number of amides is 1. The van der Waals surface area contributed by atoms with Gasteiger partial charge in [0, 0.05) is 25.6 Å². The van der Waals surface area contributed by atoms with E-state index in [1.165, 1.54) is 44.9 Å². The van der Waals surface area contributed by atoms with Crippen molar-refractivity contribution in [2.75, 3.05) is 19.6 Å². The van der Waals surface area contributed by atoms with Gasteiger partial charge in [0.15, 0.2) is 0 Å². The van der Waals surface area contributed by atoms with E-state index in [9.17, 15) is 4.79 Å². The highest BCUT2D eigenvalue weighted by Crippen LogP contribution is 2.34. The van der Waals surface area contributed by atoms with Crippen molar-refractivity contribution < 1.29 is 4.79 Å². The van der Waals surface area contributed by atoms with Crippen LogP contribution in [0.1, 0.15) is 84.9 Å². The van der Waals surface area contributed by atoms with Gasteiger partial charge in [0.05, 0.1) is 17.6 Å². The van der Waals surface area contributed by atoms with Gasteiger partial charge in [-0.15, -0.1) is 0 Å². The first-order valence-electron chi connectivity index (χ1n) is 13.3. The number of hydrogen-bond acceptors (Lipinski definition) is 3. The van der Waals surface area contributed by atoms with Gasteiger partial charge in [0.2, 0.25) is 5.91 Å². The minimum atomic E-state index is 0.305. The molecule has 0 bridgehead atoms. The number of hydrogen-bond donors (Lipinski definition) is 0. The van der Waals surface area contributed by atoms with Gasteiger partial charge in [-0.25, -0.2) is 4.98 Å². The average Bonchev–Trinajstić information content (AvgIpc) is 3.15. The van der Waals surface area contributed by atoms with Crippen LogP contribution in [0.4, 0.5) is 0 Å². The molecular weight excluding hydrogens is 408 g/mol. The molecule has 1 aromatic heterocycles. The first kappa shape index (κ1) is 24.3. The zero-order chi connectivity index (χ0) is 23.4. The summed E-state index contributed by atoms with van der Waals surface area (Å²) < 4.78 is 2.32. The predicted octanol–water partition coefficient (Wildman–Crippen LogP) is 5.87. The molecule has 2 fully saturated rings. The van der Waals surface area contributed by atoms with Crippen molar-refractivity contribution >= 4 is 16.9 Å². The Kier molecular flexibility index (Phi) is 7.78. The molecule has 4 rings (SSSR count). The second-order valence-electron chi connectivity index (χ2n) is 11.3. The summed E-state index contributed by atoms with van der Waals surface area (Å²) in [6.07, 6.45) is 9.26. The molecule has 0 spiro atoms. The second-order valence-corrected chi connectivity index (χ2v) is 11.3. The summed E-state index contributed by atoms with van der Waals surface area (Å²) in [6.45, 7) is 13.9. The Bertz CT molecular complexity index is 914. The van der Waals surface area contributed by atoms with E-state index in [0.29, 0.717) is 23.8 Å². The highest BCUT2D eigenvalue weighted by molar-refractivity contribution is 5.78. The lowest BCUT2D eigenvalue weighted by atomic mass is 9.75. The van der Waals surface area contributed by atoms with Crippen LogP contribution in [0.5, 0.6) is 0 Å². The molecular formula is C28H44N4O. The van der Waals surface area contributed by atoms with Gasteiger partial charge in [-0.2, -0.15) is 0 Å². The Labute approximate surface area is 200 Å². The molecule has 1 amide bonds. The fourth-order valence-corrected chi connectivity index (χ4v) is 6.03. The zero-order valence-corrected chi connectivity index (χ0v) is 21.4. The molecule has 2 aliphatic rings. The number of carbonyl (C=O) groups excluding carboxylic acids is 1. The number of piperidine rings is 1. The molecule has 1 aliphatic carbocycles. The third kappa shape index (κ3) is 5.79. The van der Waals surface area contributed by atoms with Crippen LogP contribution in [0.25, 0.3) is 11.0 Å². The maximum absolute atomic E-state index is 13.2.